The topological polar surface area (TPSA) is 26.9 Å². The zero-order valence-corrected chi connectivity index (χ0v) is 14.9. The number of hydrogen-bond donors (Lipinski definition) is 0. The molecular formula is C17H29NOS2. The average Bonchev–Trinajstić information content (AvgIpc) is 2.50. The van der Waals surface area contributed by atoms with Crippen molar-refractivity contribution in [1.82, 2.24) is 0 Å². The third kappa shape index (κ3) is 10.1. The second kappa shape index (κ2) is 13.3. The van der Waals surface area contributed by atoms with E-state index in [4.69, 9.17) is 0 Å². The maximum Gasteiger partial charge on any atom is 0.261 e. The first-order chi connectivity index (χ1) is 10.3. The van der Waals surface area contributed by atoms with E-state index < -0.39 is 0 Å². The van der Waals surface area contributed by atoms with Crippen molar-refractivity contribution in [3.8, 4) is 0 Å². The van der Waals surface area contributed by atoms with Gasteiger partial charge in [-0.2, -0.15) is 4.73 Å². The van der Waals surface area contributed by atoms with Crippen LogP contribution in [0.1, 0.15) is 71.1 Å². The summed E-state index contributed by atoms with van der Waals surface area (Å²) in [5, 5.41) is 12.2. The summed E-state index contributed by atoms with van der Waals surface area (Å²) < 4.78 is 0.941. The van der Waals surface area contributed by atoms with Crippen molar-refractivity contribution >= 4 is 21.6 Å². The fraction of sp³-hybridized carbons (Fsp3) is 0.706. The summed E-state index contributed by atoms with van der Waals surface area (Å²) in [6, 6.07) is 5.56. The van der Waals surface area contributed by atoms with Crippen molar-refractivity contribution in [3.05, 3.63) is 29.6 Å². The number of pyridine rings is 1. The minimum Gasteiger partial charge on any atom is -0.618 e. The first-order valence-electron chi connectivity index (χ1n) is 8.32. The quantitative estimate of drug-likeness (QED) is 0.193. The van der Waals surface area contributed by atoms with Gasteiger partial charge in [0.15, 0.2) is 6.20 Å². The third-order valence-electron chi connectivity index (χ3n) is 3.51. The van der Waals surface area contributed by atoms with Gasteiger partial charge in [0.25, 0.3) is 5.03 Å². The minimum absolute atomic E-state index is 0.787. The monoisotopic (exact) mass is 327 g/mol. The molecule has 21 heavy (non-hydrogen) atoms. The molecule has 0 atom stereocenters. The number of nitrogens with zero attached hydrogens (tertiary/aromatic N) is 1. The molecule has 0 spiro atoms. The summed E-state index contributed by atoms with van der Waals surface area (Å²) in [5.74, 6) is 1.13. The fourth-order valence-electron chi connectivity index (χ4n) is 2.23. The fourth-order valence-corrected chi connectivity index (χ4v) is 4.37. The molecule has 0 radical (unpaired) electrons. The Hall–Kier alpha value is -0.350. The second-order valence-electron chi connectivity index (χ2n) is 5.45. The summed E-state index contributed by atoms with van der Waals surface area (Å²) >= 11 is 0. The largest absolute Gasteiger partial charge is 0.618 e. The van der Waals surface area contributed by atoms with Crippen LogP contribution in [0.25, 0.3) is 0 Å². The molecule has 4 heteroatoms. The van der Waals surface area contributed by atoms with E-state index in [2.05, 4.69) is 6.92 Å². The molecule has 1 aromatic rings. The molecule has 0 aliphatic heterocycles. The van der Waals surface area contributed by atoms with Gasteiger partial charge < -0.3 is 5.21 Å². The first kappa shape index (κ1) is 18.7. The molecule has 1 aromatic heterocycles. The lowest BCUT2D eigenvalue weighted by atomic mass is 10.1. The summed E-state index contributed by atoms with van der Waals surface area (Å²) in [6.45, 7) is 2.27. The Morgan fingerprint density at radius 1 is 0.905 bits per heavy atom. The Morgan fingerprint density at radius 3 is 2.14 bits per heavy atom. The molecule has 0 aromatic carbocycles. The highest BCUT2D eigenvalue weighted by Crippen LogP contribution is 2.29. The molecule has 0 N–H and O–H groups in total. The molecule has 2 nitrogen and oxygen atoms in total. The number of rotatable bonds is 13. The molecule has 0 amide bonds. The Bertz CT molecular complexity index is 360. The Labute approximate surface area is 138 Å². The maximum atomic E-state index is 11.4. The van der Waals surface area contributed by atoms with Crippen LogP contribution >= 0.6 is 21.6 Å². The molecule has 0 fully saturated rings. The molecule has 1 rings (SSSR count). The maximum absolute atomic E-state index is 11.4. The summed E-state index contributed by atoms with van der Waals surface area (Å²) in [5.41, 5.74) is 0. The average molecular weight is 328 g/mol. The predicted octanol–water partition coefficient (Wildman–Crippen LogP) is 5.98. The van der Waals surface area contributed by atoms with Gasteiger partial charge in [0.1, 0.15) is 0 Å². The van der Waals surface area contributed by atoms with Crippen molar-refractivity contribution in [1.29, 1.82) is 0 Å². The van der Waals surface area contributed by atoms with Crippen LogP contribution < -0.4 is 4.73 Å². The van der Waals surface area contributed by atoms with E-state index >= 15 is 0 Å². The van der Waals surface area contributed by atoms with E-state index in [9.17, 15) is 5.21 Å². The van der Waals surface area contributed by atoms with Crippen molar-refractivity contribution in [3.63, 3.8) is 0 Å². The first-order valence-corrected chi connectivity index (χ1v) is 10.6. The van der Waals surface area contributed by atoms with Crippen molar-refractivity contribution in [2.75, 3.05) is 5.75 Å². The van der Waals surface area contributed by atoms with E-state index in [1.807, 2.05) is 12.1 Å². The van der Waals surface area contributed by atoms with Crippen LogP contribution in [0, 0.1) is 5.21 Å². The SMILES string of the molecule is CCCCCCCCCCCCSSc1cccc[n+]1[O-]. The van der Waals surface area contributed by atoms with Gasteiger partial charge in [0.05, 0.1) is 0 Å². The van der Waals surface area contributed by atoms with Gasteiger partial charge in [-0.25, -0.2) is 0 Å². The number of unbranched alkanes of at least 4 members (excludes halogenated alkanes) is 9. The normalized spacial score (nSPS) is 10.9. The summed E-state index contributed by atoms with van der Waals surface area (Å²) in [7, 11) is 3.39. The van der Waals surface area contributed by atoms with Gasteiger partial charge in [-0.05, 0) is 12.5 Å². The lowest BCUT2D eigenvalue weighted by Gasteiger charge is -2.03. The molecule has 1 heterocycles. The van der Waals surface area contributed by atoms with Crippen molar-refractivity contribution < 1.29 is 4.73 Å². The van der Waals surface area contributed by atoms with Gasteiger partial charge in [-0.1, -0.05) is 75.5 Å². The van der Waals surface area contributed by atoms with Gasteiger partial charge in [0.2, 0.25) is 0 Å². The van der Waals surface area contributed by atoms with Crippen LogP contribution in [-0.2, 0) is 0 Å². The van der Waals surface area contributed by atoms with Gasteiger partial charge >= 0.3 is 0 Å². The lowest BCUT2D eigenvalue weighted by Crippen LogP contribution is -2.27. The highest BCUT2D eigenvalue weighted by Gasteiger charge is 2.03. The van der Waals surface area contributed by atoms with E-state index in [1.165, 1.54) is 64.2 Å². The summed E-state index contributed by atoms with van der Waals surface area (Å²) in [4.78, 5) is 0. The smallest absolute Gasteiger partial charge is 0.261 e. The van der Waals surface area contributed by atoms with Crippen molar-refractivity contribution in [2.24, 2.45) is 0 Å². The molecular weight excluding hydrogens is 298 g/mol. The molecule has 0 aliphatic carbocycles. The van der Waals surface area contributed by atoms with E-state index in [0.717, 1.165) is 15.5 Å². The molecule has 120 valence electrons. The third-order valence-corrected chi connectivity index (χ3v) is 5.94. The predicted molar refractivity (Wildman–Crippen MR) is 95.6 cm³/mol. The molecule has 0 aliphatic rings. The van der Waals surface area contributed by atoms with E-state index in [-0.39, 0.29) is 0 Å². The van der Waals surface area contributed by atoms with Gasteiger partial charge in [-0.3, -0.25) is 0 Å². The minimum atomic E-state index is 0.787. The van der Waals surface area contributed by atoms with Crippen molar-refractivity contribution in [2.45, 2.75) is 76.2 Å². The zero-order valence-electron chi connectivity index (χ0n) is 13.3. The van der Waals surface area contributed by atoms with Gasteiger partial charge in [-0.15, -0.1) is 0 Å². The van der Waals surface area contributed by atoms with Gasteiger partial charge in [0, 0.05) is 28.7 Å². The molecule has 0 unspecified atom stereocenters. The van der Waals surface area contributed by atoms with Crippen LogP contribution in [0.3, 0.4) is 0 Å². The van der Waals surface area contributed by atoms with E-state index in [0.29, 0.717) is 0 Å². The Morgan fingerprint density at radius 2 is 1.52 bits per heavy atom. The zero-order chi connectivity index (χ0) is 15.2. The van der Waals surface area contributed by atoms with Crippen LogP contribution in [0.15, 0.2) is 29.4 Å². The standard InChI is InChI=1S/C17H29NOS2/c1-2-3-4-5-6-7-8-9-10-13-16-20-21-17-14-11-12-15-18(17)19/h11-12,14-15H,2-10,13,16H2,1H3. The highest BCUT2D eigenvalue weighted by molar-refractivity contribution is 8.76. The summed E-state index contributed by atoms with van der Waals surface area (Å²) in [6.07, 6.45) is 15.3. The molecule has 0 saturated heterocycles. The Balaban J connectivity index is 1.84. The Kier molecular flexibility index (Phi) is 11.9. The molecule has 0 saturated carbocycles. The number of hydrogen-bond acceptors (Lipinski definition) is 3. The van der Waals surface area contributed by atoms with Crippen LogP contribution in [-0.4, -0.2) is 5.75 Å². The lowest BCUT2D eigenvalue weighted by molar-refractivity contribution is -0.645. The molecule has 0 bridgehead atoms. The second-order valence-corrected chi connectivity index (χ2v) is 7.89. The van der Waals surface area contributed by atoms with Crippen LogP contribution in [0.4, 0.5) is 0 Å². The van der Waals surface area contributed by atoms with Crippen LogP contribution in [0.5, 0.6) is 0 Å². The number of aromatic nitrogens is 1. The highest BCUT2D eigenvalue weighted by atomic mass is 33.1. The van der Waals surface area contributed by atoms with E-state index in [1.54, 1.807) is 33.9 Å². The van der Waals surface area contributed by atoms with Crippen LogP contribution in [0.2, 0.25) is 0 Å².